The average Bonchev–Trinajstić information content (AvgIpc) is 3.49. The van der Waals surface area contributed by atoms with Gasteiger partial charge < -0.3 is 15.5 Å². The number of ketones is 1. The molecule has 0 saturated carbocycles. The van der Waals surface area contributed by atoms with Crippen molar-refractivity contribution in [2.24, 2.45) is 11.8 Å². The molecule has 1 fully saturated rings. The molecular weight excluding hydrogens is 725 g/mol. The van der Waals surface area contributed by atoms with Crippen LogP contribution in [-0.2, 0) is 29.1 Å². The van der Waals surface area contributed by atoms with Crippen LogP contribution < -0.4 is 26.8 Å². The first-order chi connectivity index (χ1) is 25.5. The molecule has 272 valence electrons. The Balaban J connectivity index is 0.000000173. The summed E-state index contributed by atoms with van der Waals surface area (Å²) in [7, 11) is 0. The van der Waals surface area contributed by atoms with Crippen molar-refractivity contribution < 1.29 is 23.2 Å². The van der Waals surface area contributed by atoms with Crippen LogP contribution >= 0.6 is 23.2 Å². The maximum absolute atomic E-state index is 14.3. The van der Waals surface area contributed by atoms with E-state index in [0.29, 0.717) is 30.9 Å². The van der Waals surface area contributed by atoms with Gasteiger partial charge in [0.15, 0.2) is 17.3 Å². The highest BCUT2D eigenvalue weighted by Gasteiger charge is 2.37. The summed E-state index contributed by atoms with van der Waals surface area (Å²) in [6.07, 6.45) is 0.709. The van der Waals surface area contributed by atoms with Crippen LogP contribution in [0.5, 0.6) is 0 Å². The SMILES string of the molecule is N#CC1CCN(c2cccc(Cl)c2F)C(=O)C1=O.NNCc1ccccc1.Nc1c2c(nn1Cc1ccccc1)C(=O)N(c1cccc(Cl)c1F)CC2. The summed E-state index contributed by atoms with van der Waals surface area (Å²) in [5.74, 6) is 1.26. The fourth-order valence-corrected chi connectivity index (χ4v) is 6.07. The molecule has 0 bridgehead atoms. The molecule has 4 aromatic carbocycles. The molecule has 5 aromatic rings. The second-order valence-corrected chi connectivity index (χ2v) is 12.7. The summed E-state index contributed by atoms with van der Waals surface area (Å²) in [4.78, 5) is 38.6. The Morgan fingerprint density at radius 1 is 0.792 bits per heavy atom. The van der Waals surface area contributed by atoms with Crippen LogP contribution in [0.1, 0.15) is 33.6 Å². The summed E-state index contributed by atoms with van der Waals surface area (Å²) >= 11 is 11.5. The van der Waals surface area contributed by atoms with Gasteiger partial charge in [-0.05, 0) is 48.2 Å². The molecule has 1 aromatic heterocycles. The fraction of sp³-hybridized carbons (Fsp3) is 0.184. The van der Waals surface area contributed by atoms with E-state index in [0.717, 1.165) is 17.0 Å². The molecule has 0 radical (unpaired) electrons. The number of carbonyl (C=O) groups excluding carboxylic acids is 3. The number of halogens is 4. The molecule has 3 heterocycles. The van der Waals surface area contributed by atoms with Crippen molar-refractivity contribution in [1.29, 1.82) is 5.26 Å². The summed E-state index contributed by atoms with van der Waals surface area (Å²) in [5.41, 5.74) is 12.1. The summed E-state index contributed by atoms with van der Waals surface area (Å²) in [6, 6.07) is 30.4. The van der Waals surface area contributed by atoms with E-state index in [-0.39, 0.29) is 46.0 Å². The molecular formula is C38H34Cl2F2N8O3. The number of benzene rings is 4. The van der Waals surface area contributed by atoms with Crippen molar-refractivity contribution in [2.45, 2.75) is 25.9 Å². The number of nitrogen functional groups attached to an aromatic ring is 1. The molecule has 15 heteroatoms. The van der Waals surface area contributed by atoms with Crippen LogP contribution in [0.25, 0.3) is 0 Å². The lowest BCUT2D eigenvalue weighted by Gasteiger charge is -2.28. The van der Waals surface area contributed by atoms with Crippen molar-refractivity contribution in [3.05, 3.63) is 141 Å². The number of Topliss-reactive ketones (excluding diaryl/α,β-unsaturated/α-hetero) is 1. The first-order valence-electron chi connectivity index (χ1n) is 16.4. The van der Waals surface area contributed by atoms with Crippen molar-refractivity contribution in [2.75, 3.05) is 28.6 Å². The normalized spacial score (nSPS) is 15.1. The Labute approximate surface area is 314 Å². The summed E-state index contributed by atoms with van der Waals surface area (Å²) in [5, 5.41) is 13.0. The fourth-order valence-electron chi connectivity index (χ4n) is 5.73. The number of fused-ring (bicyclic) bond motifs is 1. The number of nitrogens with one attached hydrogen (secondary N) is 1. The number of hydrazine groups is 1. The van der Waals surface area contributed by atoms with Crippen molar-refractivity contribution >= 4 is 58.0 Å². The van der Waals surface area contributed by atoms with E-state index in [4.69, 9.17) is 40.0 Å². The molecule has 53 heavy (non-hydrogen) atoms. The van der Waals surface area contributed by atoms with Crippen LogP contribution in [0.3, 0.4) is 0 Å². The predicted octanol–water partition coefficient (Wildman–Crippen LogP) is 6.08. The van der Waals surface area contributed by atoms with Gasteiger partial charge in [0, 0.05) is 25.2 Å². The number of hydrogen-bond acceptors (Lipinski definition) is 8. The van der Waals surface area contributed by atoms with E-state index in [2.05, 4.69) is 10.5 Å². The van der Waals surface area contributed by atoms with Gasteiger partial charge in [-0.1, -0.05) is 96.0 Å². The summed E-state index contributed by atoms with van der Waals surface area (Å²) in [6.45, 7) is 1.66. The van der Waals surface area contributed by atoms with Crippen LogP contribution in [0.2, 0.25) is 10.0 Å². The first kappa shape index (κ1) is 38.6. The number of nitrogens with two attached hydrogens (primary N) is 2. The number of nitriles is 1. The van der Waals surface area contributed by atoms with Gasteiger partial charge in [-0.3, -0.25) is 25.7 Å². The van der Waals surface area contributed by atoms with Crippen LogP contribution in [0.15, 0.2) is 97.1 Å². The van der Waals surface area contributed by atoms with E-state index in [1.54, 1.807) is 16.8 Å². The van der Waals surface area contributed by atoms with Gasteiger partial charge in [0.2, 0.25) is 5.78 Å². The van der Waals surface area contributed by atoms with Gasteiger partial charge in [-0.15, -0.1) is 0 Å². The minimum Gasteiger partial charge on any atom is -0.384 e. The number of hydrogen-bond donors (Lipinski definition) is 3. The zero-order chi connectivity index (χ0) is 38.1. The molecule has 11 nitrogen and oxygen atoms in total. The largest absolute Gasteiger partial charge is 0.384 e. The van der Waals surface area contributed by atoms with Crippen LogP contribution in [0.4, 0.5) is 26.0 Å². The van der Waals surface area contributed by atoms with Gasteiger partial charge in [-0.2, -0.15) is 10.4 Å². The second-order valence-electron chi connectivity index (χ2n) is 11.9. The predicted molar refractivity (Wildman–Crippen MR) is 199 cm³/mol. The number of nitrogens with zero attached hydrogens (tertiary/aromatic N) is 5. The molecule has 0 aliphatic carbocycles. The number of rotatable bonds is 6. The lowest BCUT2D eigenvalue weighted by molar-refractivity contribution is -0.139. The molecule has 7 rings (SSSR count). The highest BCUT2D eigenvalue weighted by molar-refractivity contribution is 6.43. The Bertz CT molecular complexity index is 2140. The smallest absolute Gasteiger partial charge is 0.295 e. The molecule has 2 aliphatic heterocycles. The zero-order valence-electron chi connectivity index (χ0n) is 28.2. The lowest BCUT2D eigenvalue weighted by Crippen LogP contribution is -2.46. The molecule has 1 unspecified atom stereocenters. The number of aromatic nitrogens is 2. The first-order valence-corrected chi connectivity index (χ1v) is 17.1. The van der Waals surface area contributed by atoms with E-state index < -0.39 is 29.2 Å². The third-order valence-electron chi connectivity index (χ3n) is 8.46. The maximum atomic E-state index is 14.3. The molecule has 1 atom stereocenters. The number of amides is 2. The zero-order valence-corrected chi connectivity index (χ0v) is 29.7. The van der Waals surface area contributed by atoms with Crippen LogP contribution in [0, 0.1) is 28.9 Å². The minimum atomic E-state index is -0.934. The summed E-state index contributed by atoms with van der Waals surface area (Å²) < 4.78 is 29.7. The van der Waals surface area contributed by atoms with Crippen molar-refractivity contribution in [1.82, 2.24) is 15.2 Å². The number of anilines is 3. The molecule has 0 spiro atoms. The van der Waals surface area contributed by atoms with E-state index in [9.17, 15) is 23.2 Å². The van der Waals surface area contributed by atoms with Crippen molar-refractivity contribution in [3.63, 3.8) is 0 Å². The maximum Gasteiger partial charge on any atom is 0.295 e. The standard InChI is InChI=1S/C19H16ClFN4O.C12H8ClFN2O2.C7H10N2/c20-14-7-4-8-15(16(14)21)24-10-9-13-17(19(24)26)23-25(18(13)22)11-12-5-2-1-3-6-12;13-8-2-1-3-9(10(8)14)16-5-4-7(6-15)11(17)12(16)18;8-9-6-7-4-2-1-3-5-7/h1-8H,9-11,22H2;1-3,7H,4-5H2;1-5,9H,6,8H2. The molecule has 5 N–H and O–H groups in total. The molecule has 2 amide bonds. The molecule has 1 saturated heterocycles. The van der Waals surface area contributed by atoms with Gasteiger partial charge >= 0.3 is 0 Å². The Hall–Kier alpha value is -5.65. The van der Waals surface area contributed by atoms with Gasteiger partial charge in [-0.25, -0.2) is 13.5 Å². The lowest BCUT2D eigenvalue weighted by atomic mass is 9.96. The molecule has 2 aliphatic rings. The van der Waals surface area contributed by atoms with Crippen molar-refractivity contribution in [3.8, 4) is 6.07 Å². The number of piperidine rings is 1. The third kappa shape index (κ3) is 8.88. The van der Waals surface area contributed by atoms with E-state index in [1.807, 2.05) is 60.7 Å². The van der Waals surface area contributed by atoms with Gasteiger partial charge in [0.1, 0.15) is 11.7 Å². The van der Waals surface area contributed by atoms with E-state index in [1.165, 1.54) is 40.8 Å². The number of carbonyl (C=O) groups is 3. The third-order valence-corrected chi connectivity index (χ3v) is 9.05. The average molecular weight is 760 g/mol. The highest BCUT2D eigenvalue weighted by atomic mass is 35.5. The Kier molecular flexibility index (Phi) is 12.9. The Morgan fingerprint density at radius 3 is 1.89 bits per heavy atom. The monoisotopic (exact) mass is 758 g/mol. The van der Waals surface area contributed by atoms with Gasteiger partial charge in [0.25, 0.3) is 11.8 Å². The van der Waals surface area contributed by atoms with E-state index >= 15 is 0 Å². The van der Waals surface area contributed by atoms with Crippen LogP contribution in [-0.4, -0.2) is 40.5 Å². The Morgan fingerprint density at radius 2 is 1.34 bits per heavy atom. The second kappa shape index (κ2) is 17.7. The minimum absolute atomic E-state index is 0.0183. The highest BCUT2D eigenvalue weighted by Crippen LogP contribution is 2.32. The quantitative estimate of drug-likeness (QED) is 0.107. The van der Waals surface area contributed by atoms with Gasteiger partial charge in [0.05, 0.1) is 34.0 Å². The topological polar surface area (TPSA) is 163 Å².